The van der Waals surface area contributed by atoms with E-state index in [0.717, 1.165) is 34.4 Å². The van der Waals surface area contributed by atoms with Gasteiger partial charge in [0.1, 0.15) is 10.3 Å². The van der Waals surface area contributed by atoms with E-state index in [1.807, 2.05) is 12.1 Å². The molecule has 0 aliphatic heterocycles. The lowest BCUT2D eigenvalue weighted by Crippen LogP contribution is -1.92. The molecule has 0 bridgehead atoms. The summed E-state index contributed by atoms with van der Waals surface area (Å²) in [5.41, 5.74) is 11.4. The lowest BCUT2D eigenvalue weighted by Gasteiger charge is -2.06. The third-order valence-corrected chi connectivity index (χ3v) is 4.83. The average molecular weight is 331 g/mol. The molecule has 118 valence electrons. The number of pyridine rings is 1. The Kier molecular flexibility index (Phi) is 3.97. The summed E-state index contributed by atoms with van der Waals surface area (Å²) in [5, 5.41) is 0.561. The number of aryl methyl sites for hydroxylation is 2. The molecule has 0 spiro atoms. The van der Waals surface area contributed by atoms with Gasteiger partial charge >= 0.3 is 0 Å². The molecule has 0 aliphatic rings. The summed E-state index contributed by atoms with van der Waals surface area (Å²) in [5.74, 6) is 0. The molecule has 24 heavy (non-hydrogen) atoms. The fourth-order valence-electron chi connectivity index (χ4n) is 2.81. The van der Waals surface area contributed by atoms with Crippen LogP contribution in [0.2, 0.25) is 0 Å². The van der Waals surface area contributed by atoms with Crippen molar-refractivity contribution in [2.75, 3.05) is 5.73 Å². The lowest BCUT2D eigenvalue weighted by atomic mass is 10.0. The Labute approximate surface area is 144 Å². The molecule has 0 radical (unpaired) electrons. The van der Waals surface area contributed by atoms with Gasteiger partial charge in [-0.05, 0) is 42.2 Å². The minimum atomic E-state index is 0.561. The van der Waals surface area contributed by atoms with Crippen molar-refractivity contribution in [1.29, 1.82) is 0 Å². The lowest BCUT2D eigenvalue weighted by molar-refractivity contribution is 0.960. The first-order valence-corrected chi connectivity index (χ1v) is 8.76. The second kappa shape index (κ2) is 6.42. The van der Waals surface area contributed by atoms with Gasteiger partial charge in [0.05, 0.1) is 5.69 Å². The molecule has 4 rings (SSSR count). The Hall–Kier alpha value is -2.72. The predicted molar refractivity (Wildman–Crippen MR) is 101 cm³/mol. The molecular formula is C20H17N3S. The molecule has 0 unspecified atom stereocenters. The molecule has 0 atom stereocenters. The first-order chi connectivity index (χ1) is 11.8. The summed E-state index contributed by atoms with van der Waals surface area (Å²) in [4.78, 5) is 9.85. The summed E-state index contributed by atoms with van der Waals surface area (Å²) in [6, 6.07) is 23.2. The normalized spacial score (nSPS) is 11.0. The van der Waals surface area contributed by atoms with Gasteiger partial charge in [0, 0.05) is 5.56 Å². The minimum Gasteiger partial charge on any atom is -0.375 e. The number of anilines is 1. The van der Waals surface area contributed by atoms with E-state index < -0.39 is 0 Å². The third kappa shape index (κ3) is 3.14. The van der Waals surface area contributed by atoms with Crippen molar-refractivity contribution in [3.8, 4) is 11.3 Å². The first kappa shape index (κ1) is 14.8. The highest BCUT2D eigenvalue weighted by Gasteiger charge is 2.06. The van der Waals surface area contributed by atoms with Crippen LogP contribution in [0, 0.1) is 0 Å². The van der Waals surface area contributed by atoms with Gasteiger partial charge in [-0.1, -0.05) is 59.9 Å². The summed E-state index contributed by atoms with van der Waals surface area (Å²) >= 11 is 1.43. The van der Waals surface area contributed by atoms with Crippen LogP contribution < -0.4 is 5.73 Å². The van der Waals surface area contributed by atoms with Gasteiger partial charge < -0.3 is 5.73 Å². The number of hydrogen-bond donors (Lipinski definition) is 1. The monoisotopic (exact) mass is 331 g/mol. The molecule has 4 aromatic rings. The first-order valence-electron chi connectivity index (χ1n) is 7.94. The third-order valence-electron chi connectivity index (χ3n) is 4.04. The molecular weight excluding hydrogens is 314 g/mol. The maximum absolute atomic E-state index is 5.77. The highest BCUT2D eigenvalue weighted by molar-refractivity contribution is 7.21. The smallest absolute Gasteiger partial charge is 0.182 e. The van der Waals surface area contributed by atoms with Gasteiger partial charge in [0.25, 0.3) is 0 Å². The van der Waals surface area contributed by atoms with Crippen LogP contribution in [-0.2, 0) is 12.8 Å². The zero-order valence-corrected chi connectivity index (χ0v) is 14.0. The van der Waals surface area contributed by atoms with Gasteiger partial charge in [-0.3, -0.25) is 0 Å². The summed E-state index contributed by atoms with van der Waals surface area (Å²) < 4.78 is 0. The van der Waals surface area contributed by atoms with Gasteiger partial charge in [-0.15, -0.1) is 0 Å². The largest absolute Gasteiger partial charge is 0.375 e. The highest BCUT2D eigenvalue weighted by atomic mass is 32.1. The molecule has 2 N–H and O–H groups in total. The fraction of sp³-hybridized carbons (Fsp3) is 0.100. The zero-order chi connectivity index (χ0) is 16.4. The van der Waals surface area contributed by atoms with Crippen LogP contribution in [0.5, 0.6) is 0 Å². The Morgan fingerprint density at radius 1 is 0.792 bits per heavy atom. The standard InChI is InChI=1S/C20H17N3S/c21-20-23-18-12-11-17(22-19(18)24-20)16-8-4-7-15(13-16)10-9-14-5-2-1-3-6-14/h1-8,11-13H,9-10H2,(H2,21,23). The van der Waals surface area contributed by atoms with Gasteiger partial charge in [0.15, 0.2) is 5.13 Å². The molecule has 3 nitrogen and oxygen atoms in total. The predicted octanol–water partition coefficient (Wildman–Crippen LogP) is 4.73. The Morgan fingerprint density at radius 3 is 2.46 bits per heavy atom. The fourth-order valence-corrected chi connectivity index (χ4v) is 3.52. The van der Waals surface area contributed by atoms with Gasteiger partial charge in [0.2, 0.25) is 0 Å². The van der Waals surface area contributed by atoms with Gasteiger partial charge in [-0.2, -0.15) is 0 Å². The van der Waals surface area contributed by atoms with Crippen LogP contribution in [0.4, 0.5) is 5.13 Å². The molecule has 0 amide bonds. The van der Waals surface area contributed by atoms with Crippen LogP contribution >= 0.6 is 11.3 Å². The van der Waals surface area contributed by atoms with Crippen LogP contribution in [0.15, 0.2) is 66.7 Å². The summed E-state index contributed by atoms with van der Waals surface area (Å²) in [6.07, 6.45) is 2.07. The van der Waals surface area contributed by atoms with E-state index in [0.29, 0.717) is 5.13 Å². The van der Waals surface area contributed by atoms with Crippen molar-refractivity contribution in [3.63, 3.8) is 0 Å². The van der Waals surface area contributed by atoms with Crippen LogP contribution in [0.3, 0.4) is 0 Å². The molecule has 0 aliphatic carbocycles. The SMILES string of the molecule is Nc1nc2ccc(-c3cccc(CCc4ccccc4)c3)nc2s1. The van der Waals surface area contributed by atoms with E-state index in [2.05, 4.69) is 59.6 Å². The van der Waals surface area contributed by atoms with E-state index in [1.165, 1.54) is 22.5 Å². The average Bonchev–Trinajstić information content (AvgIpc) is 3.00. The van der Waals surface area contributed by atoms with Crippen molar-refractivity contribution in [2.24, 2.45) is 0 Å². The number of benzene rings is 2. The Balaban J connectivity index is 1.58. The number of thiazole rings is 1. The molecule has 0 fully saturated rings. The molecule has 2 heterocycles. The van der Waals surface area contributed by atoms with Crippen molar-refractivity contribution in [1.82, 2.24) is 9.97 Å². The van der Waals surface area contributed by atoms with Crippen molar-refractivity contribution in [2.45, 2.75) is 12.8 Å². The number of hydrogen-bond acceptors (Lipinski definition) is 4. The zero-order valence-electron chi connectivity index (χ0n) is 13.1. The van der Waals surface area contributed by atoms with E-state index in [4.69, 9.17) is 10.7 Å². The van der Waals surface area contributed by atoms with Gasteiger partial charge in [-0.25, -0.2) is 9.97 Å². The van der Waals surface area contributed by atoms with E-state index in [-0.39, 0.29) is 0 Å². The van der Waals surface area contributed by atoms with Crippen LogP contribution in [0.25, 0.3) is 21.6 Å². The van der Waals surface area contributed by atoms with Crippen molar-refractivity contribution < 1.29 is 0 Å². The Morgan fingerprint density at radius 2 is 1.58 bits per heavy atom. The van der Waals surface area contributed by atoms with E-state index in [1.54, 1.807) is 0 Å². The van der Waals surface area contributed by atoms with Crippen LogP contribution in [-0.4, -0.2) is 9.97 Å². The highest BCUT2D eigenvalue weighted by Crippen LogP contribution is 2.26. The summed E-state index contributed by atoms with van der Waals surface area (Å²) in [6.45, 7) is 0. The van der Waals surface area contributed by atoms with Crippen LogP contribution in [0.1, 0.15) is 11.1 Å². The Bertz CT molecular complexity index is 977. The number of nitrogens with zero attached hydrogens (tertiary/aromatic N) is 2. The second-order valence-electron chi connectivity index (χ2n) is 5.76. The minimum absolute atomic E-state index is 0.561. The molecule has 2 aromatic carbocycles. The molecule has 0 saturated heterocycles. The molecule has 4 heteroatoms. The number of rotatable bonds is 4. The quantitative estimate of drug-likeness (QED) is 0.588. The number of nitrogens with two attached hydrogens (primary N) is 1. The van der Waals surface area contributed by atoms with E-state index >= 15 is 0 Å². The topological polar surface area (TPSA) is 51.8 Å². The number of nitrogen functional groups attached to an aromatic ring is 1. The second-order valence-corrected chi connectivity index (χ2v) is 6.77. The van der Waals surface area contributed by atoms with Crippen molar-refractivity contribution >= 4 is 26.8 Å². The maximum atomic E-state index is 5.77. The maximum Gasteiger partial charge on any atom is 0.182 e. The number of aromatic nitrogens is 2. The molecule has 0 saturated carbocycles. The summed E-state index contributed by atoms with van der Waals surface area (Å²) in [7, 11) is 0. The molecule has 2 aromatic heterocycles. The van der Waals surface area contributed by atoms with Crippen molar-refractivity contribution in [3.05, 3.63) is 77.9 Å². The number of fused-ring (bicyclic) bond motifs is 1. The van der Waals surface area contributed by atoms with E-state index in [9.17, 15) is 0 Å².